The minimum Gasteiger partial charge on any atom is -0.377 e. The van der Waals surface area contributed by atoms with Crippen LogP contribution in [0.25, 0.3) is 10.9 Å². The number of anilines is 2. The molecule has 1 aromatic carbocycles. The number of fused-ring (bicyclic) bond motifs is 1. The van der Waals surface area contributed by atoms with Crippen LogP contribution < -0.4 is 15.8 Å². The van der Waals surface area contributed by atoms with Crippen LogP contribution in [-0.2, 0) is 4.74 Å². The second-order valence-corrected chi connectivity index (χ2v) is 8.41. The molecule has 0 saturated carbocycles. The van der Waals surface area contributed by atoms with Crippen molar-refractivity contribution < 1.29 is 4.74 Å². The summed E-state index contributed by atoms with van der Waals surface area (Å²) in [4.78, 5) is 26.9. The summed E-state index contributed by atoms with van der Waals surface area (Å²) < 4.78 is 5.66. The first-order chi connectivity index (χ1) is 14.4. The average Bonchev–Trinajstić information content (AvgIpc) is 2.73. The van der Waals surface area contributed by atoms with Gasteiger partial charge in [-0.15, -0.1) is 0 Å². The molecule has 7 nitrogen and oxygen atoms in total. The Morgan fingerprint density at radius 1 is 1.27 bits per heavy atom. The summed E-state index contributed by atoms with van der Waals surface area (Å²) in [6.07, 6.45) is 1.74. The van der Waals surface area contributed by atoms with E-state index in [1.807, 2.05) is 25.1 Å². The average molecular weight is 428 g/mol. The van der Waals surface area contributed by atoms with Crippen molar-refractivity contribution in [2.75, 3.05) is 30.0 Å². The molecule has 0 spiro atoms. The number of aromatic nitrogens is 3. The number of hydrogen-bond acceptors (Lipinski definition) is 6. The smallest absolute Gasteiger partial charge is 0.253 e. The van der Waals surface area contributed by atoms with Crippen LogP contribution in [0.2, 0.25) is 5.02 Å². The zero-order chi connectivity index (χ0) is 21.3. The molecule has 1 fully saturated rings. The number of nitrogens with zero attached hydrogens (tertiary/aromatic N) is 3. The summed E-state index contributed by atoms with van der Waals surface area (Å²) in [6.45, 7) is 8.46. The van der Waals surface area contributed by atoms with Gasteiger partial charge in [0.15, 0.2) is 0 Å². The van der Waals surface area contributed by atoms with Crippen molar-refractivity contribution in [3.63, 3.8) is 0 Å². The number of benzene rings is 1. The van der Waals surface area contributed by atoms with Gasteiger partial charge in [0.1, 0.15) is 5.82 Å². The molecule has 1 aliphatic rings. The fraction of sp³-hybridized carbons (Fsp3) is 0.409. The maximum Gasteiger partial charge on any atom is 0.253 e. The molecule has 2 aromatic heterocycles. The van der Waals surface area contributed by atoms with E-state index in [0.29, 0.717) is 35.7 Å². The Bertz CT molecular complexity index is 1100. The quantitative estimate of drug-likeness (QED) is 0.640. The molecular weight excluding hydrogens is 402 g/mol. The number of hydrogen-bond donors (Lipinski definition) is 2. The molecule has 3 aromatic rings. The number of rotatable bonds is 5. The van der Waals surface area contributed by atoms with Crippen molar-refractivity contribution in [3.8, 4) is 0 Å². The number of ether oxygens (including phenoxy) is 1. The van der Waals surface area contributed by atoms with Gasteiger partial charge in [-0.05, 0) is 43.2 Å². The Labute approximate surface area is 180 Å². The zero-order valence-electron chi connectivity index (χ0n) is 17.4. The van der Waals surface area contributed by atoms with Crippen LogP contribution in [0.3, 0.4) is 0 Å². The molecule has 0 radical (unpaired) electrons. The highest BCUT2D eigenvalue weighted by molar-refractivity contribution is 6.31. The monoisotopic (exact) mass is 427 g/mol. The van der Waals surface area contributed by atoms with Gasteiger partial charge in [0.05, 0.1) is 25.3 Å². The van der Waals surface area contributed by atoms with Crippen LogP contribution in [-0.4, -0.2) is 40.8 Å². The number of H-pyrrole nitrogens is 1. The number of pyridine rings is 1. The highest BCUT2D eigenvalue weighted by Crippen LogP contribution is 2.24. The van der Waals surface area contributed by atoms with E-state index >= 15 is 0 Å². The number of morpholine rings is 1. The van der Waals surface area contributed by atoms with Crippen molar-refractivity contribution in [1.82, 2.24) is 15.0 Å². The summed E-state index contributed by atoms with van der Waals surface area (Å²) in [5, 5.41) is 4.78. The van der Waals surface area contributed by atoms with Gasteiger partial charge in [0.2, 0.25) is 5.95 Å². The Hall–Kier alpha value is -2.64. The fourth-order valence-corrected chi connectivity index (χ4v) is 4.01. The Morgan fingerprint density at radius 2 is 2.10 bits per heavy atom. The molecule has 0 bridgehead atoms. The van der Waals surface area contributed by atoms with E-state index in [4.69, 9.17) is 21.3 Å². The second kappa shape index (κ2) is 8.62. The van der Waals surface area contributed by atoms with Crippen molar-refractivity contribution in [2.24, 2.45) is 5.92 Å². The van der Waals surface area contributed by atoms with Gasteiger partial charge in [-0.25, -0.2) is 4.98 Å². The van der Waals surface area contributed by atoms with Crippen LogP contribution >= 0.6 is 11.6 Å². The largest absolute Gasteiger partial charge is 0.377 e. The van der Waals surface area contributed by atoms with Crippen LogP contribution in [0.15, 0.2) is 41.3 Å². The van der Waals surface area contributed by atoms with Gasteiger partial charge in [0, 0.05) is 34.2 Å². The molecule has 3 heterocycles. The lowest BCUT2D eigenvalue weighted by Gasteiger charge is -2.38. The molecule has 0 aliphatic carbocycles. The third-order valence-corrected chi connectivity index (χ3v) is 5.75. The number of aromatic amines is 1. The van der Waals surface area contributed by atoms with E-state index in [1.165, 1.54) is 0 Å². The molecule has 8 heteroatoms. The van der Waals surface area contributed by atoms with Gasteiger partial charge >= 0.3 is 0 Å². The van der Waals surface area contributed by atoms with Crippen LogP contribution in [0.5, 0.6) is 0 Å². The summed E-state index contributed by atoms with van der Waals surface area (Å²) in [6, 6.07) is 9.17. The predicted molar refractivity (Wildman–Crippen MR) is 120 cm³/mol. The normalized spacial score (nSPS) is 18.0. The van der Waals surface area contributed by atoms with Crippen LogP contribution in [0.1, 0.15) is 32.4 Å². The molecule has 1 unspecified atom stereocenters. The summed E-state index contributed by atoms with van der Waals surface area (Å²) in [5.41, 5.74) is 1.21. The highest BCUT2D eigenvalue weighted by atomic mass is 35.5. The minimum atomic E-state index is -0.280. The molecule has 1 aliphatic heterocycles. The molecule has 158 valence electrons. The van der Waals surface area contributed by atoms with Crippen LogP contribution in [0, 0.1) is 5.92 Å². The maximum atomic E-state index is 12.6. The van der Waals surface area contributed by atoms with Gasteiger partial charge in [-0.2, -0.15) is 4.98 Å². The van der Waals surface area contributed by atoms with Gasteiger partial charge in [0.25, 0.3) is 5.56 Å². The lowest BCUT2D eigenvalue weighted by atomic mass is 10.0. The molecule has 4 rings (SSSR count). The van der Waals surface area contributed by atoms with Gasteiger partial charge < -0.3 is 19.9 Å². The van der Waals surface area contributed by atoms with E-state index < -0.39 is 0 Å². The van der Waals surface area contributed by atoms with E-state index in [2.05, 4.69) is 34.0 Å². The summed E-state index contributed by atoms with van der Waals surface area (Å²) in [5.74, 6) is 1.79. The van der Waals surface area contributed by atoms with E-state index in [1.54, 1.807) is 18.3 Å². The first-order valence-electron chi connectivity index (χ1n) is 10.2. The molecule has 1 saturated heterocycles. The molecule has 0 amide bonds. The summed E-state index contributed by atoms with van der Waals surface area (Å²) >= 11 is 6.10. The molecule has 2 N–H and O–H groups in total. The van der Waals surface area contributed by atoms with Crippen molar-refractivity contribution >= 4 is 34.3 Å². The van der Waals surface area contributed by atoms with Gasteiger partial charge in [-0.1, -0.05) is 25.4 Å². The zero-order valence-corrected chi connectivity index (χ0v) is 18.1. The third kappa shape index (κ3) is 4.27. The van der Waals surface area contributed by atoms with Crippen molar-refractivity contribution in [1.29, 1.82) is 0 Å². The third-order valence-electron chi connectivity index (χ3n) is 5.52. The molecule has 2 atom stereocenters. The first-order valence-corrected chi connectivity index (χ1v) is 10.6. The Balaban J connectivity index is 1.59. The van der Waals surface area contributed by atoms with Gasteiger partial charge in [-0.3, -0.25) is 4.79 Å². The Morgan fingerprint density at radius 3 is 2.90 bits per heavy atom. The molecule has 30 heavy (non-hydrogen) atoms. The fourth-order valence-electron chi connectivity index (χ4n) is 3.83. The Kier molecular flexibility index (Phi) is 5.92. The van der Waals surface area contributed by atoms with Crippen molar-refractivity contribution in [2.45, 2.75) is 32.9 Å². The first kappa shape index (κ1) is 20.6. The SMILES string of the molecule is CC(C)C1COCCN1c1ccnc(N[C@@H](C)c2cc3cc(Cl)ccc3[nH]c2=O)n1. The predicted octanol–water partition coefficient (Wildman–Crippen LogP) is 4.01. The topological polar surface area (TPSA) is 83.1 Å². The minimum absolute atomic E-state index is 0.144. The lowest BCUT2D eigenvalue weighted by molar-refractivity contribution is 0.0802. The van der Waals surface area contributed by atoms with E-state index in [0.717, 1.165) is 23.3 Å². The van der Waals surface area contributed by atoms with Crippen molar-refractivity contribution in [3.05, 3.63) is 57.5 Å². The lowest BCUT2D eigenvalue weighted by Crippen LogP contribution is -2.48. The highest BCUT2D eigenvalue weighted by Gasteiger charge is 2.27. The van der Waals surface area contributed by atoms with E-state index in [9.17, 15) is 4.79 Å². The number of nitrogens with one attached hydrogen (secondary N) is 2. The second-order valence-electron chi connectivity index (χ2n) is 7.97. The number of halogens is 1. The standard InChI is InChI=1S/C22H26ClN5O2/c1-13(2)19-12-30-9-8-28(19)20-6-7-24-22(27-20)25-14(3)17-11-15-10-16(23)4-5-18(15)26-21(17)29/h4-7,10-11,13-14,19H,8-9,12H2,1-3H3,(H,26,29)(H,24,25,27)/t14-,19?/m0/s1. The van der Waals surface area contributed by atoms with Crippen LogP contribution in [0.4, 0.5) is 11.8 Å². The summed E-state index contributed by atoms with van der Waals surface area (Å²) in [7, 11) is 0. The molecular formula is C22H26ClN5O2. The maximum absolute atomic E-state index is 12.6. The van der Waals surface area contributed by atoms with E-state index in [-0.39, 0.29) is 17.6 Å².